The summed E-state index contributed by atoms with van der Waals surface area (Å²) in [6.07, 6.45) is 14.8. The summed E-state index contributed by atoms with van der Waals surface area (Å²) >= 11 is 0. The first-order valence-electron chi connectivity index (χ1n) is 12.9. The first-order valence-corrected chi connectivity index (χ1v) is 12.9. The largest absolute Gasteiger partial charge is 0.390 e. The smallest absolute Gasteiger partial charge is 0.0787 e. The molecule has 0 spiro atoms. The lowest BCUT2D eigenvalue weighted by Crippen LogP contribution is -2.37. The normalized spacial score (nSPS) is 39.0. The number of fused-ring (bicyclic) bond motifs is 1. The molecule has 0 bridgehead atoms. The Balaban J connectivity index is 1.71. The molecule has 176 valence electrons. The van der Waals surface area contributed by atoms with Gasteiger partial charge in [0.05, 0.1) is 11.7 Å². The van der Waals surface area contributed by atoms with E-state index in [1.54, 1.807) is 5.57 Å². The van der Waals surface area contributed by atoms with Gasteiger partial charge in [-0.05, 0) is 112 Å². The van der Waals surface area contributed by atoms with Gasteiger partial charge in [-0.3, -0.25) is 0 Å². The van der Waals surface area contributed by atoms with Crippen LogP contribution in [0.1, 0.15) is 99.3 Å². The number of aliphatic hydroxyl groups excluding tert-OH is 1. The molecule has 0 aromatic heterocycles. The first-order chi connectivity index (χ1) is 14.4. The van der Waals surface area contributed by atoms with Gasteiger partial charge in [-0.15, -0.1) is 0 Å². The number of hydrogen-bond acceptors (Lipinski definition) is 2. The molecule has 7 atom stereocenters. The van der Waals surface area contributed by atoms with Crippen molar-refractivity contribution in [2.75, 3.05) is 0 Å². The molecule has 3 aliphatic carbocycles. The van der Waals surface area contributed by atoms with Gasteiger partial charge >= 0.3 is 0 Å². The minimum absolute atomic E-state index is 0.368. The van der Waals surface area contributed by atoms with E-state index in [1.807, 2.05) is 13.8 Å². The zero-order valence-electron chi connectivity index (χ0n) is 21.1. The van der Waals surface area contributed by atoms with E-state index in [4.69, 9.17) is 0 Å². The molecular weight excluding hydrogens is 380 g/mol. The van der Waals surface area contributed by atoms with Gasteiger partial charge in [0.25, 0.3) is 0 Å². The fraction of sp³-hybridized carbons (Fsp3) is 0.793. The molecule has 3 aliphatic rings. The Morgan fingerprint density at radius 1 is 1.19 bits per heavy atom. The fourth-order valence-electron chi connectivity index (χ4n) is 7.06. The average Bonchev–Trinajstić information content (AvgIpc) is 3.04. The lowest BCUT2D eigenvalue weighted by Gasteiger charge is -2.45. The molecule has 0 heterocycles. The summed E-state index contributed by atoms with van der Waals surface area (Å²) in [5, 5.41) is 20.5. The van der Waals surface area contributed by atoms with E-state index in [9.17, 15) is 10.2 Å². The molecule has 31 heavy (non-hydrogen) atoms. The van der Waals surface area contributed by atoms with Gasteiger partial charge < -0.3 is 10.2 Å². The summed E-state index contributed by atoms with van der Waals surface area (Å²) in [5.41, 5.74) is 3.91. The van der Waals surface area contributed by atoms with Gasteiger partial charge in [-0.1, -0.05) is 57.6 Å². The lowest BCUT2D eigenvalue weighted by atomic mass is 9.59. The summed E-state index contributed by atoms with van der Waals surface area (Å²) in [4.78, 5) is 0. The van der Waals surface area contributed by atoms with Gasteiger partial charge in [0.1, 0.15) is 0 Å². The monoisotopic (exact) mass is 428 g/mol. The molecule has 3 saturated carbocycles. The Morgan fingerprint density at radius 2 is 1.90 bits per heavy atom. The van der Waals surface area contributed by atoms with Crippen LogP contribution in [0.25, 0.3) is 0 Å². The number of hydrogen-bond donors (Lipinski definition) is 2. The quantitative estimate of drug-likeness (QED) is 0.438. The van der Waals surface area contributed by atoms with Crippen LogP contribution in [0.3, 0.4) is 0 Å². The molecule has 0 aliphatic heterocycles. The summed E-state index contributed by atoms with van der Waals surface area (Å²) in [7, 11) is 0. The highest BCUT2D eigenvalue weighted by Gasteiger charge is 2.51. The molecular formula is C29H48O2. The maximum absolute atomic E-state index is 10.3. The Bertz CT molecular complexity index is 693. The summed E-state index contributed by atoms with van der Waals surface area (Å²) in [6, 6.07) is 0. The van der Waals surface area contributed by atoms with Crippen LogP contribution in [0, 0.1) is 35.0 Å². The Morgan fingerprint density at radius 3 is 2.55 bits per heavy atom. The predicted molar refractivity (Wildman–Crippen MR) is 132 cm³/mol. The molecule has 2 nitrogen and oxygen atoms in total. The lowest BCUT2D eigenvalue weighted by molar-refractivity contribution is 0.0447. The second kappa shape index (κ2) is 9.56. The summed E-state index contributed by atoms with van der Waals surface area (Å²) < 4.78 is 0. The summed E-state index contributed by atoms with van der Waals surface area (Å²) in [5.74, 6) is 3.24. The van der Waals surface area contributed by atoms with Crippen LogP contribution < -0.4 is 0 Å². The molecule has 0 aromatic carbocycles. The van der Waals surface area contributed by atoms with Crippen molar-refractivity contribution in [1.82, 2.24) is 0 Å². The molecule has 0 amide bonds. The Labute approximate surface area is 191 Å². The highest BCUT2D eigenvalue weighted by atomic mass is 16.3. The fourth-order valence-corrected chi connectivity index (χ4v) is 7.06. The number of allylic oxidation sites excluding steroid dienone is 3. The van der Waals surface area contributed by atoms with Gasteiger partial charge in [0, 0.05) is 0 Å². The maximum Gasteiger partial charge on any atom is 0.0787 e. The van der Waals surface area contributed by atoms with Crippen molar-refractivity contribution in [3.05, 3.63) is 35.5 Å². The number of rotatable bonds is 6. The van der Waals surface area contributed by atoms with Crippen molar-refractivity contribution >= 4 is 0 Å². The standard InChI is InChI=1S/C29H48O2/c1-19(14-16-28(5,6)31)21(3)25-12-13-26-24(9-8-15-29(25,26)7)11-10-23-17-20(2)22(4)27(30)18-23/h10-11,19-21,25-27,30-31H,4,8-9,12-18H2,1-3,5-7H3/b23-10-,24-11+/t19-,20-,21-,25?,26?,27-,29-/m1/s1. The SMILES string of the molecule is C=C1[C@H](C)C/C(=C/C=C2\CCC[C@@]3(C)C2CCC3[C@H](C)[C@H](C)CCC(C)(C)O)C[C@H]1O. The third-order valence-corrected chi connectivity index (χ3v) is 9.40. The van der Waals surface area contributed by atoms with Crippen LogP contribution >= 0.6 is 0 Å². The van der Waals surface area contributed by atoms with Crippen LogP contribution in [0.4, 0.5) is 0 Å². The van der Waals surface area contributed by atoms with Crippen molar-refractivity contribution in [3.63, 3.8) is 0 Å². The molecule has 2 N–H and O–H groups in total. The number of aliphatic hydroxyl groups is 2. The molecule has 0 aromatic rings. The summed E-state index contributed by atoms with van der Waals surface area (Å²) in [6.45, 7) is 17.6. The highest BCUT2D eigenvalue weighted by Crippen LogP contribution is 2.60. The van der Waals surface area contributed by atoms with Crippen molar-refractivity contribution in [2.45, 2.75) is 111 Å². The van der Waals surface area contributed by atoms with Crippen LogP contribution in [0.15, 0.2) is 35.5 Å². The predicted octanol–water partition coefficient (Wildman–Crippen LogP) is 7.23. The molecule has 0 saturated heterocycles. The van der Waals surface area contributed by atoms with Crippen LogP contribution in [0.2, 0.25) is 0 Å². The van der Waals surface area contributed by atoms with Gasteiger partial charge in [0.15, 0.2) is 0 Å². The van der Waals surface area contributed by atoms with Crippen LogP contribution in [0.5, 0.6) is 0 Å². The third-order valence-electron chi connectivity index (χ3n) is 9.40. The molecule has 2 heteroatoms. The van der Waals surface area contributed by atoms with Crippen LogP contribution in [-0.2, 0) is 0 Å². The van der Waals surface area contributed by atoms with E-state index in [-0.39, 0.29) is 6.10 Å². The third kappa shape index (κ3) is 5.56. The second-order valence-corrected chi connectivity index (χ2v) is 12.2. The first kappa shape index (κ1) is 24.8. The van der Waals surface area contributed by atoms with Crippen molar-refractivity contribution in [3.8, 4) is 0 Å². The van der Waals surface area contributed by atoms with E-state index in [0.717, 1.165) is 37.2 Å². The average molecular weight is 429 g/mol. The van der Waals surface area contributed by atoms with Crippen LogP contribution in [-0.4, -0.2) is 21.9 Å². The van der Waals surface area contributed by atoms with Crippen molar-refractivity contribution < 1.29 is 10.2 Å². The van der Waals surface area contributed by atoms with E-state index < -0.39 is 5.60 Å². The zero-order valence-corrected chi connectivity index (χ0v) is 21.1. The minimum atomic E-state index is -0.555. The van der Waals surface area contributed by atoms with E-state index in [1.165, 1.54) is 37.7 Å². The molecule has 2 unspecified atom stereocenters. The Hall–Kier alpha value is -0.860. The van der Waals surface area contributed by atoms with Crippen molar-refractivity contribution in [2.24, 2.45) is 35.0 Å². The Kier molecular flexibility index (Phi) is 7.64. The van der Waals surface area contributed by atoms with Gasteiger partial charge in [-0.25, -0.2) is 0 Å². The van der Waals surface area contributed by atoms with Crippen molar-refractivity contribution in [1.29, 1.82) is 0 Å². The highest BCUT2D eigenvalue weighted by molar-refractivity contribution is 5.29. The van der Waals surface area contributed by atoms with Gasteiger partial charge in [-0.2, -0.15) is 0 Å². The van der Waals surface area contributed by atoms with Gasteiger partial charge in [0.2, 0.25) is 0 Å². The van der Waals surface area contributed by atoms with E-state index in [0.29, 0.717) is 29.1 Å². The maximum atomic E-state index is 10.3. The second-order valence-electron chi connectivity index (χ2n) is 12.2. The zero-order chi connectivity index (χ0) is 23.0. The topological polar surface area (TPSA) is 40.5 Å². The minimum Gasteiger partial charge on any atom is -0.390 e. The molecule has 3 rings (SSSR count). The van der Waals surface area contributed by atoms with E-state index >= 15 is 0 Å². The molecule has 0 radical (unpaired) electrons. The molecule has 3 fully saturated rings. The van der Waals surface area contributed by atoms with E-state index in [2.05, 4.69) is 46.4 Å².